The van der Waals surface area contributed by atoms with Gasteiger partial charge in [-0.25, -0.2) is 0 Å². The minimum absolute atomic E-state index is 0.168. The van der Waals surface area contributed by atoms with Crippen molar-refractivity contribution in [2.45, 2.75) is 45.1 Å². The highest BCUT2D eigenvalue weighted by molar-refractivity contribution is 5.19. The Morgan fingerprint density at radius 3 is 3.00 bits per heavy atom. The highest BCUT2D eigenvalue weighted by atomic mass is 16.3. The molecular weight excluding hydrogens is 148 g/mol. The standard InChI is InChI=1S/C11H18O/c1-3-4-7-10-9(2)6-5-8-11(10)12/h3,11-12H,1,4-8H2,2H3. The van der Waals surface area contributed by atoms with Gasteiger partial charge >= 0.3 is 0 Å². The fourth-order valence-corrected chi connectivity index (χ4v) is 1.82. The minimum atomic E-state index is -0.168. The summed E-state index contributed by atoms with van der Waals surface area (Å²) in [6, 6.07) is 0. The second-order valence-electron chi connectivity index (χ2n) is 3.54. The maximum absolute atomic E-state index is 9.67. The lowest BCUT2D eigenvalue weighted by Crippen LogP contribution is -2.16. The lowest BCUT2D eigenvalue weighted by molar-refractivity contribution is 0.184. The van der Waals surface area contributed by atoms with Gasteiger partial charge < -0.3 is 5.11 Å². The SMILES string of the molecule is C=CCCC1=C(C)CCCC1O. The van der Waals surface area contributed by atoms with Crippen LogP contribution in [0.2, 0.25) is 0 Å². The van der Waals surface area contributed by atoms with Gasteiger partial charge in [0.05, 0.1) is 6.10 Å². The quantitative estimate of drug-likeness (QED) is 0.639. The van der Waals surface area contributed by atoms with Gasteiger partial charge in [0, 0.05) is 0 Å². The Balaban J connectivity index is 2.60. The Morgan fingerprint density at radius 2 is 2.42 bits per heavy atom. The third-order valence-corrected chi connectivity index (χ3v) is 2.60. The monoisotopic (exact) mass is 166 g/mol. The Kier molecular flexibility index (Phi) is 3.54. The van der Waals surface area contributed by atoms with Crippen LogP contribution in [0.5, 0.6) is 0 Å². The molecule has 1 heteroatoms. The second kappa shape index (κ2) is 4.46. The highest BCUT2D eigenvalue weighted by Gasteiger charge is 2.17. The van der Waals surface area contributed by atoms with E-state index in [-0.39, 0.29) is 6.10 Å². The summed E-state index contributed by atoms with van der Waals surface area (Å²) in [6.45, 7) is 5.83. The van der Waals surface area contributed by atoms with Crippen LogP contribution in [0.3, 0.4) is 0 Å². The van der Waals surface area contributed by atoms with Crippen molar-refractivity contribution in [1.82, 2.24) is 0 Å². The molecule has 0 spiro atoms. The minimum Gasteiger partial charge on any atom is -0.389 e. The van der Waals surface area contributed by atoms with Crippen molar-refractivity contribution in [2.75, 3.05) is 0 Å². The smallest absolute Gasteiger partial charge is 0.0752 e. The van der Waals surface area contributed by atoms with Gasteiger partial charge in [-0.15, -0.1) is 6.58 Å². The molecule has 0 saturated carbocycles. The van der Waals surface area contributed by atoms with Gasteiger partial charge in [0.1, 0.15) is 0 Å². The predicted octanol–water partition coefficient (Wildman–Crippen LogP) is 2.81. The van der Waals surface area contributed by atoms with E-state index in [4.69, 9.17) is 0 Å². The van der Waals surface area contributed by atoms with E-state index in [1.807, 2.05) is 6.08 Å². The second-order valence-corrected chi connectivity index (χ2v) is 3.54. The molecule has 1 N–H and O–H groups in total. The molecule has 0 aromatic carbocycles. The summed E-state index contributed by atoms with van der Waals surface area (Å²) in [4.78, 5) is 0. The third-order valence-electron chi connectivity index (χ3n) is 2.60. The van der Waals surface area contributed by atoms with E-state index in [9.17, 15) is 5.11 Å². The van der Waals surface area contributed by atoms with E-state index in [1.165, 1.54) is 17.6 Å². The molecule has 0 radical (unpaired) electrons. The van der Waals surface area contributed by atoms with Gasteiger partial charge in [-0.2, -0.15) is 0 Å². The molecule has 1 rings (SSSR count). The van der Waals surface area contributed by atoms with Crippen molar-refractivity contribution in [3.05, 3.63) is 23.8 Å². The Morgan fingerprint density at radius 1 is 1.67 bits per heavy atom. The summed E-state index contributed by atoms with van der Waals surface area (Å²) < 4.78 is 0. The van der Waals surface area contributed by atoms with Crippen molar-refractivity contribution in [2.24, 2.45) is 0 Å². The number of aliphatic hydroxyl groups excluding tert-OH is 1. The van der Waals surface area contributed by atoms with Crippen LogP contribution in [-0.2, 0) is 0 Å². The Hall–Kier alpha value is -0.560. The van der Waals surface area contributed by atoms with E-state index in [1.54, 1.807) is 0 Å². The molecule has 0 heterocycles. The molecule has 0 amide bonds. The number of aliphatic hydroxyl groups is 1. The first-order valence-corrected chi connectivity index (χ1v) is 4.73. The molecule has 1 atom stereocenters. The van der Waals surface area contributed by atoms with Crippen LogP contribution < -0.4 is 0 Å². The molecular formula is C11H18O. The summed E-state index contributed by atoms with van der Waals surface area (Å²) in [7, 11) is 0. The van der Waals surface area contributed by atoms with Crippen molar-refractivity contribution in [3.63, 3.8) is 0 Å². The molecule has 1 nitrogen and oxygen atoms in total. The van der Waals surface area contributed by atoms with Crippen LogP contribution in [0.4, 0.5) is 0 Å². The lowest BCUT2D eigenvalue weighted by Gasteiger charge is -2.23. The van der Waals surface area contributed by atoms with Crippen LogP contribution in [0.1, 0.15) is 39.0 Å². The summed E-state index contributed by atoms with van der Waals surface area (Å²) in [5.74, 6) is 0. The van der Waals surface area contributed by atoms with Crippen molar-refractivity contribution in [1.29, 1.82) is 0 Å². The molecule has 0 aliphatic heterocycles. The molecule has 0 fully saturated rings. The zero-order valence-electron chi connectivity index (χ0n) is 7.84. The van der Waals surface area contributed by atoms with E-state index in [2.05, 4.69) is 13.5 Å². The molecule has 0 saturated heterocycles. The molecule has 0 aromatic heterocycles. The summed E-state index contributed by atoms with van der Waals surface area (Å²) in [5, 5.41) is 9.67. The molecule has 68 valence electrons. The highest BCUT2D eigenvalue weighted by Crippen LogP contribution is 2.27. The molecule has 0 bridgehead atoms. The fourth-order valence-electron chi connectivity index (χ4n) is 1.82. The molecule has 12 heavy (non-hydrogen) atoms. The van der Waals surface area contributed by atoms with E-state index < -0.39 is 0 Å². The molecule has 1 aliphatic carbocycles. The van der Waals surface area contributed by atoms with Gasteiger partial charge in [-0.3, -0.25) is 0 Å². The van der Waals surface area contributed by atoms with Gasteiger partial charge in [0.2, 0.25) is 0 Å². The number of hydrogen-bond donors (Lipinski definition) is 1. The normalized spacial score (nSPS) is 24.3. The van der Waals surface area contributed by atoms with Gasteiger partial charge in [0.25, 0.3) is 0 Å². The number of hydrogen-bond acceptors (Lipinski definition) is 1. The maximum atomic E-state index is 9.67. The summed E-state index contributed by atoms with van der Waals surface area (Å²) in [6.07, 6.45) is 7.00. The average Bonchev–Trinajstić information content (AvgIpc) is 2.04. The van der Waals surface area contributed by atoms with Gasteiger partial charge in [-0.05, 0) is 44.6 Å². The van der Waals surface area contributed by atoms with Crippen LogP contribution >= 0.6 is 0 Å². The largest absolute Gasteiger partial charge is 0.389 e. The first-order chi connectivity index (χ1) is 5.75. The van der Waals surface area contributed by atoms with E-state index in [0.717, 1.165) is 25.7 Å². The molecule has 1 unspecified atom stereocenters. The number of rotatable bonds is 3. The molecule has 0 aromatic rings. The van der Waals surface area contributed by atoms with Crippen molar-refractivity contribution in [3.8, 4) is 0 Å². The Labute approximate surface area is 74.8 Å². The van der Waals surface area contributed by atoms with E-state index in [0.29, 0.717) is 0 Å². The van der Waals surface area contributed by atoms with Gasteiger partial charge in [-0.1, -0.05) is 11.6 Å². The first-order valence-electron chi connectivity index (χ1n) is 4.73. The summed E-state index contributed by atoms with van der Waals surface area (Å²) >= 11 is 0. The Bertz CT molecular complexity index is 191. The fraction of sp³-hybridized carbons (Fsp3) is 0.636. The van der Waals surface area contributed by atoms with Gasteiger partial charge in [0.15, 0.2) is 0 Å². The predicted molar refractivity (Wildman–Crippen MR) is 52.0 cm³/mol. The average molecular weight is 166 g/mol. The zero-order chi connectivity index (χ0) is 8.97. The topological polar surface area (TPSA) is 20.2 Å². The van der Waals surface area contributed by atoms with Crippen LogP contribution in [0.25, 0.3) is 0 Å². The lowest BCUT2D eigenvalue weighted by atomic mass is 9.88. The number of allylic oxidation sites excluding steroid dienone is 2. The maximum Gasteiger partial charge on any atom is 0.0752 e. The van der Waals surface area contributed by atoms with E-state index >= 15 is 0 Å². The van der Waals surface area contributed by atoms with Crippen LogP contribution in [0.15, 0.2) is 23.8 Å². The molecule has 1 aliphatic rings. The zero-order valence-corrected chi connectivity index (χ0v) is 7.84. The van der Waals surface area contributed by atoms with Crippen LogP contribution in [0, 0.1) is 0 Å². The van der Waals surface area contributed by atoms with Crippen molar-refractivity contribution < 1.29 is 5.11 Å². The first kappa shape index (κ1) is 9.53. The van der Waals surface area contributed by atoms with Crippen molar-refractivity contribution >= 4 is 0 Å². The third kappa shape index (κ3) is 2.21. The summed E-state index contributed by atoms with van der Waals surface area (Å²) in [5.41, 5.74) is 2.66. The van der Waals surface area contributed by atoms with Crippen LogP contribution in [-0.4, -0.2) is 11.2 Å².